The average molecular weight is 326 g/mol. The smallest absolute Gasteiger partial charge is 0.221 e. The first-order valence-electron chi connectivity index (χ1n) is 8.63. The Labute approximate surface area is 146 Å². The van der Waals surface area contributed by atoms with E-state index in [-0.39, 0.29) is 17.7 Å². The SMILES string of the molecule is NC(=O)[C@@H]1CC2(c3ccccn3)c3ccccc3C1c1ccccc12. The minimum absolute atomic E-state index is 0.0375. The van der Waals surface area contributed by atoms with E-state index in [0.717, 1.165) is 5.69 Å². The second kappa shape index (κ2) is 5.03. The standard InChI is InChI=1S/C22H18N2O/c23-21(25)16-13-22(19-11-5-6-12-24-19)17-9-3-1-7-14(17)20(16)15-8-2-4-10-18(15)22/h1-12,16,20H,13H2,(H2,23,25)/t16-,20?,22?/m1/s1. The predicted octanol–water partition coefficient (Wildman–Crippen LogP) is 3.37. The largest absolute Gasteiger partial charge is 0.369 e. The lowest BCUT2D eigenvalue weighted by Crippen LogP contribution is -2.49. The van der Waals surface area contributed by atoms with Crippen molar-refractivity contribution < 1.29 is 4.79 Å². The van der Waals surface area contributed by atoms with Crippen LogP contribution >= 0.6 is 0 Å². The van der Waals surface area contributed by atoms with Gasteiger partial charge in [0, 0.05) is 12.1 Å². The van der Waals surface area contributed by atoms with Crippen LogP contribution in [-0.2, 0) is 10.2 Å². The topological polar surface area (TPSA) is 56.0 Å². The number of pyridine rings is 1. The fourth-order valence-corrected chi connectivity index (χ4v) is 4.99. The van der Waals surface area contributed by atoms with Crippen LogP contribution in [0.5, 0.6) is 0 Å². The molecule has 0 radical (unpaired) electrons. The molecule has 3 aromatic rings. The van der Waals surface area contributed by atoms with E-state index in [1.807, 2.05) is 30.5 Å². The summed E-state index contributed by atoms with van der Waals surface area (Å²) in [4.78, 5) is 17.0. The number of nitrogens with zero attached hydrogens (tertiary/aromatic N) is 1. The highest BCUT2D eigenvalue weighted by molar-refractivity contribution is 5.82. The molecule has 0 saturated heterocycles. The Morgan fingerprint density at radius 2 is 1.52 bits per heavy atom. The summed E-state index contributed by atoms with van der Waals surface area (Å²) < 4.78 is 0. The third-order valence-corrected chi connectivity index (χ3v) is 5.91. The third kappa shape index (κ3) is 1.75. The van der Waals surface area contributed by atoms with Crippen molar-refractivity contribution >= 4 is 5.91 Å². The molecule has 3 nitrogen and oxygen atoms in total. The van der Waals surface area contributed by atoms with E-state index in [0.29, 0.717) is 6.42 Å². The number of amides is 1. The van der Waals surface area contributed by atoms with Gasteiger partial charge in [0.05, 0.1) is 17.0 Å². The molecule has 25 heavy (non-hydrogen) atoms. The van der Waals surface area contributed by atoms with Gasteiger partial charge in [0.2, 0.25) is 5.91 Å². The molecular weight excluding hydrogens is 308 g/mol. The second-order valence-corrected chi connectivity index (χ2v) is 6.99. The minimum Gasteiger partial charge on any atom is -0.369 e. The van der Waals surface area contributed by atoms with Crippen LogP contribution in [0.2, 0.25) is 0 Å². The Balaban J connectivity index is 1.93. The van der Waals surface area contributed by atoms with Crippen LogP contribution in [0.3, 0.4) is 0 Å². The zero-order chi connectivity index (χ0) is 17.0. The van der Waals surface area contributed by atoms with Gasteiger partial charge in [-0.2, -0.15) is 0 Å². The highest BCUT2D eigenvalue weighted by Crippen LogP contribution is 2.60. The average Bonchev–Trinajstić information content (AvgIpc) is 2.68. The van der Waals surface area contributed by atoms with Crippen molar-refractivity contribution in [1.29, 1.82) is 0 Å². The summed E-state index contributed by atoms with van der Waals surface area (Å²) in [5.41, 5.74) is 11.4. The van der Waals surface area contributed by atoms with E-state index >= 15 is 0 Å². The van der Waals surface area contributed by atoms with Gasteiger partial charge in [-0.3, -0.25) is 9.78 Å². The van der Waals surface area contributed by atoms with Gasteiger partial charge in [0.15, 0.2) is 0 Å². The number of carbonyl (C=O) groups excluding carboxylic acids is 1. The van der Waals surface area contributed by atoms with Crippen LogP contribution in [0.15, 0.2) is 72.9 Å². The molecular formula is C22H18N2O. The monoisotopic (exact) mass is 326 g/mol. The lowest BCUT2D eigenvalue weighted by molar-refractivity contribution is -0.123. The third-order valence-electron chi connectivity index (χ3n) is 5.91. The summed E-state index contributed by atoms with van der Waals surface area (Å²) in [6, 6.07) is 22.9. The second-order valence-electron chi connectivity index (χ2n) is 6.99. The number of rotatable bonds is 2. The summed E-state index contributed by atoms with van der Waals surface area (Å²) in [5, 5.41) is 0. The molecule has 3 aliphatic rings. The van der Waals surface area contributed by atoms with Gasteiger partial charge in [-0.25, -0.2) is 0 Å². The van der Waals surface area contributed by atoms with Crippen molar-refractivity contribution in [3.63, 3.8) is 0 Å². The Kier molecular flexibility index (Phi) is 2.90. The van der Waals surface area contributed by atoms with Crippen LogP contribution in [0.25, 0.3) is 0 Å². The molecule has 1 aromatic heterocycles. The predicted molar refractivity (Wildman–Crippen MR) is 96.1 cm³/mol. The first kappa shape index (κ1) is 14.4. The van der Waals surface area contributed by atoms with Crippen LogP contribution in [0.4, 0.5) is 0 Å². The van der Waals surface area contributed by atoms with Crippen LogP contribution in [0.1, 0.15) is 40.3 Å². The van der Waals surface area contributed by atoms with Gasteiger partial charge in [-0.05, 0) is 40.8 Å². The summed E-state index contributed by atoms with van der Waals surface area (Å²) in [7, 11) is 0. The van der Waals surface area contributed by atoms with E-state index < -0.39 is 5.41 Å². The van der Waals surface area contributed by atoms with Crippen molar-refractivity contribution in [2.75, 3.05) is 0 Å². The molecule has 6 rings (SSSR count). The van der Waals surface area contributed by atoms with E-state index in [1.165, 1.54) is 22.3 Å². The van der Waals surface area contributed by atoms with Gasteiger partial charge in [0.1, 0.15) is 0 Å². The lowest BCUT2D eigenvalue weighted by atomic mass is 9.50. The quantitative estimate of drug-likeness (QED) is 0.785. The van der Waals surface area contributed by atoms with Crippen LogP contribution in [0, 0.1) is 5.92 Å². The number of benzene rings is 2. The number of hydrogen-bond donors (Lipinski definition) is 1. The Morgan fingerprint density at radius 1 is 0.920 bits per heavy atom. The Morgan fingerprint density at radius 3 is 2.08 bits per heavy atom. The zero-order valence-electron chi connectivity index (χ0n) is 13.7. The number of aromatic nitrogens is 1. The molecule has 3 heteroatoms. The Bertz CT molecular complexity index is 933. The molecule has 3 aliphatic carbocycles. The molecule has 2 bridgehead atoms. The molecule has 1 amide bonds. The molecule has 122 valence electrons. The molecule has 0 saturated carbocycles. The van der Waals surface area contributed by atoms with E-state index in [2.05, 4.69) is 42.5 Å². The maximum absolute atomic E-state index is 12.3. The maximum Gasteiger partial charge on any atom is 0.221 e. The first-order chi connectivity index (χ1) is 12.2. The molecule has 2 N–H and O–H groups in total. The normalized spacial score (nSPS) is 25.9. The minimum atomic E-state index is -0.414. The number of carbonyl (C=O) groups is 1. The van der Waals surface area contributed by atoms with E-state index in [9.17, 15) is 4.79 Å². The fourth-order valence-electron chi connectivity index (χ4n) is 4.99. The molecule has 0 aliphatic heterocycles. The van der Waals surface area contributed by atoms with Crippen molar-refractivity contribution in [3.8, 4) is 0 Å². The molecule has 0 spiro atoms. The van der Waals surface area contributed by atoms with Crippen molar-refractivity contribution in [2.45, 2.75) is 17.8 Å². The Hall–Kier alpha value is -2.94. The van der Waals surface area contributed by atoms with Crippen LogP contribution in [-0.4, -0.2) is 10.9 Å². The van der Waals surface area contributed by atoms with Gasteiger partial charge in [-0.1, -0.05) is 54.6 Å². The summed E-state index contributed by atoms with van der Waals surface area (Å²) in [5.74, 6) is -0.406. The number of fused-ring (bicyclic) bond motifs is 1. The summed E-state index contributed by atoms with van der Waals surface area (Å²) >= 11 is 0. The number of primary amides is 1. The lowest BCUT2D eigenvalue weighted by Gasteiger charge is -2.52. The maximum atomic E-state index is 12.3. The molecule has 1 atom stereocenters. The highest BCUT2D eigenvalue weighted by Gasteiger charge is 2.55. The van der Waals surface area contributed by atoms with Gasteiger partial charge in [-0.15, -0.1) is 0 Å². The molecule has 0 unspecified atom stereocenters. The van der Waals surface area contributed by atoms with Crippen LogP contribution < -0.4 is 5.73 Å². The van der Waals surface area contributed by atoms with Gasteiger partial charge in [0.25, 0.3) is 0 Å². The van der Waals surface area contributed by atoms with Gasteiger partial charge < -0.3 is 5.73 Å². The zero-order valence-corrected chi connectivity index (χ0v) is 13.7. The molecule has 0 fully saturated rings. The fraction of sp³-hybridized carbons (Fsp3) is 0.182. The van der Waals surface area contributed by atoms with Crippen molar-refractivity contribution in [1.82, 2.24) is 4.98 Å². The first-order valence-corrected chi connectivity index (χ1v) is 8.63. The summed E-state index contributed by atoms with van der Waals surface area (Å²) in [6.07, 6.45) is 2.51. The van der Waals surface area contributed by atoms with E-state index in [1.54, 1.807) is 0 Å². The van der Waals surface area contributed by atoms with E-state index in [4.69, 9.17) is 10.7 Å². The molecule has 2 aromatic carbocycles. The van der Waals surface area contributed by atoms with Crippen molar-refractivity contribution in [3.05, 3.63) is 101 Å². The number of hydrogen-bond acceptors (Lipinski definition) is 2. The summed E-state index contributed by atoms with van der Waals surface area (Å²) in [6.45, 7) is 0. The van der Waals surface area contributed by atoms with Crippen molar-refractivity contribution in [2.24, 2.45) is 11.7 Å². The van der Waals surface area contributed by atoms with Gasteiger partial charge >= 0.3 is 0 Å². The molecule has 1 heterocycles. The number of nitrogens with two attached hydrogens (primary N) is 1. The highest BCUT2D eigenvalue weighted by atomic mass is 16.1.